The van der Waals surface area contributed by atoms with E-state index in [0.717, 1.165) is 5.69 Å². The number of carbonyl (C=O) groups is 1. The second-order valence-electron chi connectivity index (χ2n) is 4.61. The number of hydrogen-bond donors (Lipinski definition) is 2. The summed E-state index contributed by atoms with van der Waals surface area (Å²) in [7, 11) is 1.76. The van der Waals surface area contributed by atoms with Gasteiger partial charge in [-0.15, -0.1) is 0 Å². The highest BCUT2D eigenvalue weighted by molar-refractivity contribution is 6.31. The number of aryl methyl sites for hydroxylation is 2. The van der Waals surface area contributed by atoms with Gasteiger partial charge in [-0.25, -0.2) is 4.79 Å². The van der Waals surface area contributed by atoms with Gasteiger partial charge in [0.2, 0.25) is 0 Å². The summed E-state index contributed by atoms with van der Waals surface area (Å²) < 4.78 is 6.86. The first kappa shape index (κ1) is 15.2. The maximum atomic E-state index is 12.0. The number of nitrogens with zero attached hydrogens (tertiary/aromatic N) is 2. The molecular formula is C14H17ClN4O2. The summed E-state index contributed by atoms with van der Waals surface area (Å²) in [4.78, 5) is 12.0. The van der Waals surface area contributed by atoms with Gasteiger partial charge in [0, 0.05) is 18.4 Å². The van der Waals surface area contributed by atoms with Crippen molar-refractivity contribution in [3.63, 3.8) is 0 Å². The van der Waals surface area contributed by atoms with Gasteiger partial charge in [0.15, 0.2) is 0 Å². The molecule has 0 aliphatic carbocycles. The molecule has 4 N–H and O–H groups in total. The van der Waals surface area contributed by atoms with Crippen molar-refractivity contribution in [2.24, 2.45) is 7.05 Å². The molecule has 0 atom stereocenters. The second kappa shape index (κ2) is 6.05. The fourth-order valence-corrected chi connectivity index (χ4v) is 2.30. The lowest BCUT2D eigenvalue weighted by atomic mass is 10.1. The van der Waals surface area contributed by atoms with Crippen molar-refractivity contribution in [1.82, 2.24) is 9.78 Å². The molecule has 0 aliphatic heterocycles. The van der Waals surface area contributed by atoms with E-state index < -0.39 is 5.97 Å². The molecule has 0 saturated heterocycles. The van der Waals surface area contributed by atoms with Crippen LogP contribution in [0.25, 0.3) is 0 Å². The third-order valence-corrected chi connectivity index (χ3v) is 3.57. The average Bonchev–Trinajstić information content (AvgIpc) is 2.71. The molecule has 1 aromatic heterocycles. The molecular weight excluding hydrogens is 292 g/mol. The predicted molar refractivity (Wildman–Crippen MR) is 82.0 cm³/mol. The second-order valence-corrected chi connectivity index (χ2v) is 4.99. The first-order valence-electron chi connectivity index (χ1n) is 6.46. The highest BCUT2D eigenvalue weighted by Crippen LogP contribution is 2.23. The Morgan fingerprint density at radius 3 is 2.71 bits per heavy atom. The number of rotatable bonds is 4. The molecule has 21 heavy (non-hydrogen) atoms. The van der Waals surface area contributed by atoms with Crippen LogP contribution in [0, 0.1) is 0 Å². The smallest absolute Gasteiger partial charge is 0.340 e. The highest BCUT2D eigenvalue weighted by Gasteiger charge is 2.16. The minimum absolute atomic E-state index is 0.0327. The molecule has 7 heteroatoms. The van der Waals surface area contributed by atoms with Crippen molar-refractivity contribution in [3.8, 4) is 0 Å². The van der Waals surface area contributed by atoms with Crippen LogP contribution in [0.4, 0.5) is 11.4 Å². The van der Waals surface area contributed by atoms with Crippen molar-refractivity contribution < 1.29 is 9.53 Å². The van der Waals surface area contributed by atoms with Crippen LogP contribution in [0.15, 0.2) is 18.2 Å². The molecule has 0 spiro atoms. The molecule has 0 aliphatic rings. The number of carbonyl (C=O) groups excluding carboxylic acids is 1. The van der Waals surface area contributed by atoms with Crippen LogP contribution in [0.2, 0.25) is 5.02 Å². The summed E-state index contributed by atoms with van der Waals surface area (Å²) >= 11 is 6.20. The van der Waals surface area contributed by atoms with Crippen molar-refractivity contribution in [1.29, 1.82) is 0 Å². The Balaban J connectivity index is 2.13. The maximum absolute atomic E-state index is 12.0. The van der Waals surface area contributed by atoms with E-state index >= 15 is 0 Å². The number of benzene rings is 1. The zero-order valence-corrected chi connectivity index (χ0v) is 12.6. The van der Waals surface area contributed by atoms with Gasteiger partial charge in [0.1, 0.15) is 6.61 Å². The summed E-state index contributed by atoms with van der Waals surface area (Å²) in [5.41, 5.74) is 13.8. The lowest BCUT2D eigenvalue weighted by Crippen LogP contribution is -2.10. The van der Waals surface area contributed by atoms with Gasteiger partial charge in [-0.2, -0.15) is 5.10 Å². The van der Waals surface area contributed by atoms with E-state index in [4.69, 9.17) is 27.8 Å². The Kier molecular flexibility index (Phi) is 4.37. The molecule has 0 unspecified atom stereocenters. The number of esters is 1. The lowest BCUT2D eigenvalue weighted by molar-refractivity contribution is 0.0465. The summed E-state index contributed by atoms with van der Waals surface area (Å²) in [5.74, 6) is -0.525. The minimum Gasteiger partial charge on any atom is -0.455 e. The highest BCUT2D eigenvalue weighted by atomic mass is 35.5. The van der Waals surface area contributed by atoms with Gasteiger partial charge in [0.05, 0.1) is 22.0 Å². The van der Waals surface area contributed by atoms with Gasteiger partial charge in [-0.3, -0.25) is 4.68 Å². The fraction of sp³-hybridized carbons (Fsp3) is 0.286. The van der Waals surface area contributed by atoms with Crippen LogP contribution in [-0.2, 0) is 24.8 Å². The first-order valence-corrected chi connectivity index (χ1v) is 6.84. The standard InChI is InChI=1S/C14H17ClN4O2/c1-3-11-13(15)12(19(2)18-11)7-21-14(20)9-5-4-8(16)6-10(9)17/h4-6H,3,7,16-17H2,1-2H3. The Morgan fingerprint density at radius 2 is 2.14 bits per heavy atom. The molecule has 1 heterocycles. The van der Waals surface area contributed by atoms with Crippen LogP contribution < -0.4 is 11.5 Å². The zero-order valence-electron chi connectivity index (χ0n) is 11.9. The van der Waals surface area contributed by atoms with Crippen LogP contribution in [0.1, 0.15) is 28.7 Å². The number of anilines is 2. The predicted octanol–water partition coefficient (Wildman–Crippen LogP) is 2.16. The molecule has 2 aromatic rings. The lowest BCUT2D eigenvalue weighted by Gasteiger charge is -2.08. The van der Waals surface area contributed by atoms with E-state index in [9.17, 15) is 4.79 Å². The van der Waals surface area contributed by atoms with Crippen molar-refractivity contribution in [3.05, 3.63) is 40.2 Å². The molecule has 0 bridgehead atoms. The topological polar surface area (TPSA) is 96.2 Å². The van der Waals surface area contributed by atoms with E-state index in [1.54, 1.807) is 17.8 Å². The van der Waals surface area contributed by atoms with E-state index in [2.05, 4.69) is 5.10 Å². The van der Waals surface area contributed by atoms with E-state index in [1.165, 1.54) is 12.1 Å². The molecule has 0 saturated carbocycles. The monoisotopic (exact) mass is 308 g/mol. The Hall–Kier alpha value is -2.21. The van der Waals surface area contributed by atoms with Gasteiger partial charge < -0.3 is 16.2 Å². The largest absolute Gasteiger partial charge is 0.455 e. The fourth-order valence-electron chi connectivity index (χ4n) is 1.96. The van der Waals surface area contributed by atoms with Crippen molar-refractivity contribution >= 4 is 28.9 Å². The molecule has 0 radical (unpaired) electrons. The molecule has 0 fully saturated rings. The van der Waals surface area contributed by atoms with Gasteiger partial charge >= 0.3 is 5.97 Å². The Labute approximate surface area is 127 Å². The SMILES string of the molecule is CCc1nn(C)c(COC(=O)c2ccc(N)cc2N)c1Cl. The zero-order chi connectivity index (χ0) is 15.6. The van der Waals surface area contributed by atoms with E-state index in [-0.39, 0.29) is 17.9 Å². The summed E-state index contributed by atoms with van der Waals surface area (Å²) in [6.45, 7) is 1.99. The normalized spacial score (nSPS) is 10.6. The van der Waals surface area contributed by atoms with Crippen LogP contribution in [0.3, 0.4) is 0 Å². The molecule has 1 aromatic carbocycles. The maximum Gasteiger partial charge on any atom is 0.340 e. The molecule has 6 nitrogen and oxygen atoms in total. The molecule has 112 valence electrons. The van der Waals surface area contributed by atoms with Gasteiger partial charge in [0.25, 0.3) is 0 Å². The van der Waals surface area contributed by atoms with E-state index in [0.29, 0.717) is 22.8 Å². The summed E-state index contributed by atoms with van der Waals surface area (Å²) in [6.07, 6.45) is 0.714. The third-order valence-electron chi connectivity index (χ3n) is 3.14. The molecule has 2 rings (SSSR count). The summed E-state index contributed by atoms with van der Waals surface area (Å²) in [6, 6.07) is 4.65. The quantitative estimate of drug-likeness (QED) is 0.666. The van der Waals surface area contributed by atoms with Crippen molar-refractivity contribution in [2.45, 2.75) is 20.0 Å². The average molecular weight is 309 g/mol. The number of ether oxygens (including phenoxy) is 1. The van der Waals surface area contributed by atoms with Crippen LogP contribution in [-0.4, -0.2) is 15.7 Å². The van der Waals surface area contributed by atoms with E-state index in [1.807, 2.05) is 6.92 Å². The Morgan fingerprint density at radius 1 is 1.43 bits per heavy atom. The first-order chi connectivity index (χ1) is 9.93. The molecule has 0 amide bonds. The number of nitrogens with two attached hydrogens (primary N) is 2. The summed E-state index contributed by atoms with van der Waals surface area (Å²) in [5, 5.41) is 4.79. The van der Waals surface area contributed by atoms with Crippen LogP contribution >= 0.6 is 11.6 Å². The van der Waals surface area contributed by atoms with Gasteiger partial charge in [-0.1, -0.05) is 18.5 Å². The van der Waals surface area contributed by atoms with Crippen molar-refractivity contribution in [2.75, 3.05) is 11.5 Å². The minimum atomic E-state index is -0.525. The Bertz CT molecular complexity index is 682. The number of halogens is 1. The van der Waals surface area contributed by atoms with Gasteiger partial charge in [-0.05, 0) is 24.6 Å². The number of aromatic nitrogens is 2. The number of nitrogen functional groups attached to an aromatic ring is 2. The van der Waals surface area contributed by atoms with Crippen LogP contribution in [0.5, 0.6) is 0 Å². The third kappa shape index (κ3) is 3.11. The number of hydrogen-bond acceptors (Lipinski definition) is 5.